The third kappa shape index (κ3) is 3.86. The number of nitrogens with one attached hydrogen (secondary N) is 1. The van der Waals surface area contributed by atoms with Crippen molar-refractivity contribution in [3.05, 3.63) is 58.1 Å². The van der Waals surface area contributed by atoms with Crippen LogP contribution in [0, 0.1) is 13.8 Å². The Morgan fingerprint density at radius 3 is 2.54 bits per heavy atom. The number of halogens is 1. The number of benzene rings is 2. The zero-order chi connectivity index (χ0) is 18.9. The SMILES string of the molecule is Cc1ccc(NC(=O)c2ccc(Cl)c(N3CCCCS3(=O)=O)c2)cc1C. The molecule has 1 saturated heterocycles. The Balaban J connectivity index is 1.89. The van der Waals surface area contributed by atoms with E-state index in [1.165, 1.54) is 4.31 Å². The van der Waals surface area contributed by atoms with Crippen LogP contribution in [0.4, 0.5) is 11.4 Å². The summed E-state index contributed by atoms with van der Waals surface area (Å²) in [7, 11) is -3.39. The normalized spacial score (nSPS) is 16.3. The highest BCUT2D eigenvalue weighted by molar-refractivity contribution is 7.92. The quantitative estimate of drug-likeness (QED) is 0.853. The fourth-order valence-corrected chi connectivity index (χ4v) is 4.84. The molecule has 2 aromatic rings. The molecule has 1 aliphatic heterocycles. The van der Waals surface area contributed by atoms with Gasteiger partial charge in [0.05, 0.1) is 16.5 Å². The monoisotopic (exact) mass is 392 g/mol. The highest BCUT2D eigenvalue weighted by Gasteiger charge is 2.28. The van der Waals surface area contributed by atoms with Crippen molar-refractivity contribution >= 4 is 38.9 Å². The first kappa shape index (κ1) is 18.7. The van der Waals surface area contributed by atoms with Crippen molar-refractivity contribution in [1.29, 1.82) is 0 Å². The molecular weight excluding hydrogens is 372 g/mol. The van der Waals surface area contributed by atoms with Crippen LogP contribution in [0.15, 0.2) is 36.4 Å². The van der Waals surface area contributed by atoms with Gasteiger partial charge in [-0.1, -0.05) is 17.7 Å². The molecule has 3 rings (SSSR count). The summed E-state index contributed by atoms with van der Waals surface area (Å²) >= 11 is 6.22. The minimum absolute atomic E-state index is 0.0996. The number of sulfonamides is 1. The number of carbonyl (C=O) groups excluding carboxylic acids is 1. The minimum atomic E-state index is -3.39. The van der Waals surface area contributed by atoms with Crippen LogP contribution < -0.4 is 9.62 Å². The fourth-order valence-electron chi connectivity index (χ4n) is 2.93. The number of nitrogens with zero attached hydrogens (tertiary/aromatic N) is 1. The average Bonchev–Trinajstić information content (AvgIpc) is 2.58. The molecule has 0 bridgehead atoms. The molecular formula is C19H21ClN2O3S. The summed E-state index contributed by atoms with van der Waals surface area (Å²) in [6, 6.07) is 10.4. The van der Waals surface area contributed by atoms with Gasteiger partial charge in [-0.3, -0.25) is 9.10 Å². The molecule has 0 aliphatic carbocycles. The van der Waals surface area contributed by atoms with E-state index < -0.39 is 10.0 Å². The summed E-state index contributed by atoms with van der Waals surface area (Å²) in [5.41, 5.74) is 3.65. The van der Waals surface area contributed by atoms with E-state index in [9.17, 15) is 13.2 Å². The van der Waals surface area contributed by atoms with Crippen molar-refractivity contribution < 1.29 is 13.2 Å². The predicted molar refractivity (Wildman–Crippen MR) is 106 cm³/mol. The number of rotatable bonds is 3. The van der Waals surface area contributed by atoms with Crippen LogP contribution in [-0.4, -0.2) is 26.6 Å². The molecule has 0 radical (unpaired) electrons. The molecule has 0 saturated carbocycles. The maximum absolute atomic E-state index is 12.6. The smallest absolute Gasteiger partial charge is 0.255 e. The van der Waals surface area contributed by atoms with E-state index in [4.69, 9.17) is 11.6 Å². The summed E-state index contributed by atoms with van der Waals surface area (Å²) in [6.45, 7) is 4.36. The van der Waals surface area contributed by atoms with Gasteiger partial charge in [-0.25, -0.2) is 8.42 Å². The molecule has 1 fully saturated rings. The van der Waals surface area contributed by atoms with Crippen molar-refractivity contribution in [2.45, 2.75) is 26.7 Å². The Bertz CT molecular complexity index is 957. The Morgan fingerprint density at radius 2 is 1.85 bits per heavy atom. The molecule has 0 unspecified atom stereocenters. The van der Waals surface area contributed by atoms with Gasteiger partial charge in [0.15, 0.2) is 0 Å². The predicted octanol–water partition coefficient (Wildman–Crippen LogP) is 4.14. The maximum atomic E-state index is 12.6. The topological polar surface area (TPSA) is 66.5 Å². The van der Waals surface area contributed by atoms with Crippen LogP contribution >= 0.6 is 11.6 Å². The van der Waals surface area contributed by atoms with E-state index in [-0.39, 0.29) is 11.7 Å². The number of aryl methyl sites for hydroxylation is 2. The van der Waals surface area contributed by atoms with Crippen LogP contribution in [-0.2, 0) is 10.0 Å². The van der Waals surface area contributed by atoms with Gasteiger partial charge < -0.3 is 5.32 Å². The van der Waals surface area contributed by atoms with Gasteiger partial charge in [0.2, 0.25) is 10.0 Å². The largest absolute Gasteiger partial charge is 0.322 e. The molecule has 0 aromatic heterocycles. The van der Waals surface area contributed by atoms with Crippen LogP contribution in [0.25, 0.3) is 0 Å². The Labute approximate surface area is 159 Å². The standard InChI is InChI=1S/C19H21ClN2O3S/c1-13-5-7-16(11-14(13)2)21-19(23)15-6-8-17(20)18(12-15)22-9-3-4-10-26(22,24)25/h5-8,11-12H,3-4,9-10H2,1-2H3,(H,21,23). The Morgan fingerprint density at radius 1 is 1.08 bits per heavy atom. The van der Waals surface area contributed by atoms with Crippen molar-refractivity contribution in [1.82, 2.24) is 0 Å². The summed E-state index contributed by atoms with van der Waals surface area (Å²) in [4.78, 5) is 12.6. The summed E-state index contributed by atoms with van der Waals surface area (Å²) in [6.07, 6.45) is 1.41. The maximum Gasteiger partial charge on any atom is 0.255 e. The van der Waals surface area contributed by atoms with Crippen molar-refractivity contribution in [3.8, 4) is 0 Å². The van der Waals surface area contributed by atoms with Gasteiger partial charge in [-0.05, 0) is 68.1 Å². The lowest BCUT2D eigenvalue weighted by atomic mass is 10.1. The first-order valence-electron chi connectivity index (χ1n) is 8.46. The molecule has 5 nitrogen and oxygen atoms in total. The molecule has 0 spiro atoms. The molecule has 1 heterocycles. The molecule has 138 valence electrons. The van der Waals surface area contributed by atoms with Crippen molar-refractivity contribution in [2.75, 3.05) is 21.9 Å². The second kappa shape index (κ2) is 7.29. The minimum Gasteiger partial charge on any atom is -0.322 e. The zero-order valence-corrected chi connectivity index (χ0v) is 16.3. The fraction of sp³-hybridized carbons (Fsp3) is 0.316. The van der Waals surface area contributed by atoms with Gasteiger partial charge in [0, 0.05) is 17.8 Å². The third-order valence-corrected chi connectivity index (χ3v) is 6.77. The summed E-state index contributed by atoms with van der Waals surface area (Å²) < 4.78 is 26.0. The van der Waals surface area contributed by atoms with Crippen LogP contribution in [0.2, 0.25) is 5.02 Å². The first-order valence-corrected chi connectivity index (χ1v) is 10.5. The van der Waals surface area contributed by atoms with E-state index >= 15 is 0 Å². The Kier molecular flexibility index (Phi) is 5.25. The van der Waals surface area contributed by atoms with Crippen LogP contribution in [0.5, 0.6) is 0 Å². The van der Waals surface area contributed by atoms with E-state index in [0.29, 0.717) is 34.9 Å². The first-order chi connectivity index (χ1) is 12.3. The number of anilines is 2. The third-order valence-electron chi connectivity index (χ3n) is 4.59. The van der Waals surface area contributed by atoms with Gasteiger partial charge in [-0.2, -0.15) is 0 Å². The number of amides is 1. The molecule has 0 atom stereocenters. The van der Waals surface area contributed by atoms with Crippen LogP contribution in [0.1, 0.15) is 34.3 Å². The van der Waals surface area contributed by atoms with Gasteiger partial charge >= 0.3 is 0 Å². The highest BCUT2D eigenvalue weighted by atomic mass is 35.5. The van der Waals surface area contributed by atoms with Gasteiger partial charge in [-0.15, -0.1) is 0 Å². The summed E-state index contributed by atoms with van der Waals surface area (Å²) in [5.74, 6) is -0.205. The number of carbonyl (C=O) groups is 1. The van der Waals surface area contributed by atoms with E-state index in [2.05, 4.69) is 5.32 Å². The van der Waals surface area contributed by atoms with Crippen molar-refractivity contribution in [2.24, 2.45) is 0 Å². The molecule has 1 amide bonds. The number of hydrogen-bond donors (Lipinski definition) is 1. The summed E-state index contributed by atoms with van der Waals surface area (Å²) in [5, 5.41) is 3.16. The lowest BCUT2D eigenvalue weighted by Crippen LogP contribution is -2.38. The molecule has 2 aromatic carbocycles. The molecule has 1 N–H and O–H groups in total. The molecule has 1 aliphatic rings. The highest BCUT2D eigenvalue weighted by Crippen LogP contribution is 2.32. The lowest BCUT2D eigenvalue weighted by molar-refractivity contribution is 0.102. The average molecular weight is 393 g/mol. The Hall–Kier alpha value is -2.05. The van der Waals surface area contributed by atoms with E-state index in [0.717, 1.165) is 17.5 Å². The van der Waals surface area contributed by atoms with Crippen LogP contribution in [0.3, 0.4) is 0 Å². The second-order valence-electron chi connectivity index (χ2n) is 6.51. The van der Waals surface area contributed by atoms with Crippen molar-refractivity contribution in [3.63, 3.8) is 0 Å². The van der Waals surface area contributed by atoms with E-state index in [1.54, 1.807) is 18.2 Å². The van der Waals surface area contributed by atoms with Gasteiger partial charge in [0.25, 0.3) is 5.91 Å². The molecule has 7 heteroatoms. The van der Waals surface area contributed by atoms with E-state index in [1.807, 2.05) is 32.0 Å². The van der Waals surface area contributed by atoms with Gasteiger partial charge in [0.1, 0.15) is 0 Å². The zero-order valence-electron chi connectivity index (χ0n) is 14.8. The second-order valence-corrected chi connectivity index (χ2v) is 8.93. The number of hydrogen-bond acceptors (Lipinski definition) is 3. The lowest BCUT2D eigenvalue weighted by Gasteiger charge is -2.29. The molecule has 26 heavy (non-hydrogen) atoms.